The van der Waals surface area contributed by atoms with Crippen molar-refractivity contribution in [1.82, 2.24) is 4.90 Å². The molecule has 1 saturated heterocycles. The minimum Gasteiger partial charge on any atom is -0.366 e. The normalized spacial score (nSPS) is 25.8. The van der Waals surface area contributed by atoms with Crippen LogP contribution in [0.1, 0.15) is 5.56 Å². The van der Waals surface area contributed by atoms with E-state index in [9.17, 15) is 14.3 Å². The molecule has 0 aromatic heterocycles. The van der Waals surface area contributed by atoms with Gasteiger partial charge in [0.25, 0.3) is 0 Å². The second kappa shape index (κ2) is 5.35. The van der Waals surface area contributed by atoms with Crippen LogP contribution in [0.3, 0.4) is 0 Å². The van der Waals surface area contributed by atoms with Crippen LogP contribution in [0.15, 0.2) is 24.3 Å². The van der Waals surface area contributed by atoms with Crippen LogP contribution in [0.4, 0.5) is 4.39 Å². The molecule has 0 amide bonds. The molecule has 0 radical (unpaired) electrons. The molecule has 0 aliphatic carbocycles. The summed E-state index contributed by atoms with van der Waals surface area (Å²) in [7, 11) is 0. The third kappa shape index (κ3) is 2.88. The van der Waals surface area contributed by atoms with E-state index < -0.39 is 12.3 Å². The van der Waals surface area contributed by atoms with Crippen molar-refractivity contribution in [3.8, 4) is 0 Å². The summed E-state index contributed by atoms with van der Waals surface area (Å²) in [4.78, 5) is 12.7. The van der Waals surface area contributed by atoms with Gasteiger partial charge >= 0.3 is 0 Å². The van der Waals surface area contributed by atoms with E-state index in [0.717, 1.165) is 5.56 Å². The first-order chi connectivity index (χ1) is 8.20. The molecule has 4 nitrogen and oxygen atoms in total. The number of aliphatic hydroxyl groups excluding tert-OH is 1. The predicted molar refractivity (Wildman–Crippen MR) is 58.6 cm³/mol. The minimum absolute atomic E-state index is 0.307. The van der Waals surface area contributed by atoms with E-state index in [0.29, 0.717) is 26.0 Å². The third-order valence-corrected chi connectivity index (χ3v) is 2.80. The van der Waals surface area contributed by atoms with Crippen molar-refractivity contribution in [2.45, 2.75) is 18.9 Å². The maximum Gasteiger partial charge on any atom is 0.177 e. The average molecular weight is 239 g/mol. The lowest BCUT2D eigenvalue weighted by atomic mass is 10.1. The number of carbonyl (C=O) groups is 1. The molecule has 2 unspecified atom stereocenters. The Labute approximate surface area is 98.6 Å². The highest BCUT2D eigenvalue weighted by atomic mass is 19.1. The molecule has 2 rings (SSSR count). The van der Waals surface area contributed by atoms with Gasteiger partial charge in [-0.15, -0.1) is 0 Å². The lowest BCUT2D eigenvalue weighted by Gasteiger charge is -2.35. The summed E-state index contributed by atoms with van der Waals surface area (Å²) in [5.41, 5.74) is 0.769. The molecular formula is C12H14FNO3. The van der Waals surface area contributed by atoms with E-state index >= 15 is 0 Å². The van der Waals surface area contributed by atoms with Gasteiger partial charge in [0.05, 0.1) is 6.61 Å². The molecule has 0 bridgehead atoms. The topological polar surface area (TPSA) is 49.8 Å². The second-order valence-corrected chi connectivity index (χ2v) is 3.99. The molecule has 2 atom stereocenters. The zero-order valence-electron chi connectivity index (χ0n) is 9.25. The molecule has 0 saturated carbocycles. The van der Waals surface area contributed by atoms with Gasteiger partial charge in [-0.05, 0) is 17.7 Å². The van der Waals surface area contributed by atoms with Crippen LogP contribution < -0.4 is 0 Å². The summed E-state index contributed by atoms with van der Waals surface area (Å²) in [5, 5.41) is 9.50. The van der Waals surface area contributed by atoms with Crippen molar-refractivity contribution in [1.29, 1.82) is 0 Å². The molecule has 1 aromatic carbocycles. The van der Waals surface area contributed by atoms with E-state index in [1.165, 1.54) is 12.1 Å². The maximum atomic E-state index is 13.0. The first-order valence-electron chi connectivity index (χ1n) is 5.44. The SMILES string of the molecule is O=CC1C(O)OCCN1Cc1cccc(F)c1. The quantitative estimate of drug-likeness (QED) is 0.782. The number of aldehydes is 1. The lowest BCUT2D eigenvalue weighted by molar-refractivity contribution is -0.180. The Balaban J connectivity index is 2.08. The Hall–Kier alpha value is -1.30. The van der Waals surface area contributed by atoms with E-state index in [1.807, 2.05) is 0 Å². The number of nitrogens with zero attached hydrogens (tertiary/aromatic N) is 1. The Morgan fingerprint density at radius 2 is 2.41 bits per heavy atom. The Bertz CT molecular complexity index is 399. The Kier molecular flexibility index (Phi) is 3.83. The number of carbonyl (C=O) groups excluding carboxylic acids is 1. The van der Waals surface area contributed by atoms with Gasteiger partial charge in [-0.1, -0.05) is 12.1 Å². The van der Waals surface area contributed by atoms with Crippen molar-refractivity contribution in [3.05, 3.63) is 35.6 Å². The number of hydrogen-bond acceptors (Lipinski definition) is 4. The summed E-state index contributed by atoms with van der Waals surface area (Å²) in [6.07, 6.45) is -0.446. The van der Waals surface area contributed by atoms with Gasteiger partial charge in [-0.2, -0.15) is 0 Å². The first kappa shape index (κ1) is 12.2. The summed E-state index contributed by atoms with van der Waals surface area (Å²) in [6.45, 7) is 1.32. The molecule has 5 heteroatoms. The Morgan fingerprint density at radius 3 is 3.12 bits per heavy atom. The maximum absolute atomic E-state index is 13.0. The highest BCUT2D eigenvalue weighted by molar-refractivity contribution is 5.58. The number of halogens is 1. The number of rotatable bonds is 3. The molecule has 0 spiro atoms. The van der Waals surface area contributed by atoms with Crippen LogP contribution >= 0.6 is 0 Å². The summed E-state index contributed by atoms with van der Waals surface area (Å²) >= 11 is 0. The summed E-state index contributed by atoms with van der Waals surface area (Å²) in [5.74, 6) is -0.307. The third-order valence-electron chi connectivity index (χ3n) is 2.80. The number of ether oxygens (including phenoxy) is 1. The molecule has 1 aliphatic rings. The monoisotopic (exact) mass is 239 g/mol. The van der Waals surface area contributed by atoms with E-state index in [2.05, 4.69) is 0 Å². The van der Waals surface area contributed by atoms with Gasteiger partial charge in [0.1, 0.15) is 18.1 Å². The zero-order valence-corrected chi connectivity index (χ0v) is 9.25. The number of benzene rings is 1. The van der Waals surface area contributed by atoms with Crippen molar-refractivity contribution in [2.24, 2.45) is 0 Å². The first-order valence-corrected chi connectivity index (χ1v) is 5.44. The standard InChI is InChI=1S/C12H14FNO3/c13-10-3-1-2-9(6-10)7-14-4-5-17-12(16)11(14)8-15/h1-3,6,8,11-12,16H,4-5,7H2. The average Bonchev–Trinajstić information content (AvgIpc) is 2.29. The zero-order chi connectivity index (χ0) is 12.3. The van der Waals surface area contributed by atoms with Gasteiger partial charge in [0.2, 0.25) is 0 Å². The van der Waals surface area contributed by atoms with Crippen LogP contribution in [-0.2, 0) is 16.1 Å². The van der Waals surface area contributed by atoms with E-state index in [4.69, 9.17) is 4.74 Å². The lowest BCUT2D eigenvalue weighted by Crippen LogP contribution is -2.51. The smallest absolute Gasteiger partial charge is 0.177 e. The van der Waals surface area contributed by atoms with Crippen LogP contribution in [-0.4, -0.2) is 41.8 Å². The van der Waals surface area contributed by atoms with Gasteiger partial charge in [0, 0.05) is 13.1 Å². The fourth-order valence-electron chi connectivity index (χ4n) is 1.93. The van der Waals surface area contributed by atoms with Crippen LogP contribution in [0.5, 0.6) is 0 Å². The molecule has 1 heterocycles. The highest BCUT2D eigenvalue weighted by Crippen LogP contribution is 2.15. The number of hydrogen-bond donors (Lipinski definition) is 1. The largest absolute Gasteiger partial charge is 0.366 e. The molecule has 1 aliphatic heterocycles. The van der Waals surface area contributed by atoms with Crippen molar-refractivity contribution < 1.29 is 19.0 Å². The second-order valence-electron chi connectivity index (χ2n) is 3.99. The summed E-state index contributed by atoms with van der Waals surface area (Å²) < 4.78 is 18.0. The van der Waals surface area contributed by atoms with Gasteiger partial charge in [-0.3, -0.25) is 4.90 Å². The summed E-state index contributed by atoms with van der Waals surface area (Å²) in [6, 6.07) is 5.51. The van der Waals surface area contributed by atoms with Gasteiger partial charge in [0.15, 0.2) is 6.29 Å². The van der Waals surface area contributed by atoms with Gasteiger partial charge in [-0.25, -0.2) is 4.39 Å². The molecule has 17 heavy (non-hydrogen) atoms. The van der Waals surface area contributed by atoms with E-state index in [-0.39, 0.29) is 5.82 Å². The predicted octanol–water partition coefficient (Wildman–Crippen LogP) is 0.544. The van der Waals surface area contributed by atoms with Crippen molar-refractivity contribution in [3.63, 3.8) is 0 Å². The fourth-order valence-corrected chi connectivity index (χ4v) is 1.93. The molecule has 1 N–H and O–H groups in total. The Morgan fingerprint density at radius 1 is 1.59 bits per heavy atom. The number of aliphatic hydroxyl groups is 1. The van der Waals surface area contributed by atoms with Crippen molar-refractivity contribution in [2.75, 3.05) is 13.2 Å². The van der Waals surface area contributed by atoms with Crippen molar-refractivity contribution >= 4 is 6.29 Å². The molecular weight excluding hydrogens is 225 g/mol. The minimum atomic E-state index is -1.10. The fraction of sp³-hybridized carbons (Fsp3) is 0.417. The van der Waals surface area contributed by atoms with E-state index in [1.54, 1.807) is 17.0 Å². The number of morpholine rings is 1. The molecule has 92 valence electrons. The highest BCUT2D eigenvalue weighted by Gasteiger charge is 2.30. The molecule has 1 aromatic rings. The molecule has 1 fully saturated rings. The van der Waals surface area contributed by atoms with Crippen LogP contribution in [0.2, 0.25) is 0 Å². The van der Waals surface area contributed by atoms with Gasteiger partial charge < -0.3 is 14.6 Å². The van der Waals surface area contributed by atoms with Crippen LogP contribution in [0, 0.1) is 5.82 Å². The van der Waals surface area contributed by atoms with Crippen LogP contribution in [0.25, 0.3) is 0 Å².